The van der Waals surface area contributed by atoms with Gasteiger partial charge in [-0.05, 0) is 37.6 Å². The van der Waals surface area contributed by atoms with Crippen LogP contribution >= 0.6 is 15.9 Å². The predicted molar refractivity (Wildman–Crippen MR) is 90.0 cm³/mol. The molecule has 0 unspecified atom stereocenters. The third-order valence-corrected chi connectivity index (χ3v) is 4.45. The van der Waals surface area contributed by atoms with E-state index in [0.717, 1.165) is 26.5 Å². The lowest BCUT2D eigenvalue weighted by Crippen LogP contribution is -2.02. The van der Waals surface area contributed by atoms with Crippen LogP contribution in [0.1, 0.15) is 27.0 Å². The van der Waals surface area contributed by atoms with Crippen molar-refractivity contribution in [3.63, 3.8) is 0 Å². The molecule has 0 fully saturated rings. The first-order valence-corrected chi connectivity index (χ1v) is 7.63. The Morgan fingerprint density at radius 2 is 1.67 bits per heavy atom. The standard InChI is InChI=1S/C18H16BrNO/c1-11-5-7-16(19)14(8-11)18(21)15-10-20(3)17-9-12(2)4-6-13(15)17/h4-10H,1-3H3. The van der Waals surface area contributed by atoms with Crippen LogP contribution in [0.4, 0.5) is 0 Å². The molecule has 1 heterocycles. The molecule has 2 aromatic carbocycles. The van der Waals surface area contributed by atoms with E-state index in [9.17, 15) is 4.79 Å². The fourth-order valence-electron chi connectivity index (χ4n) is 2.63. The molecule has 2 nitrogen and oxygen atoms in total. The minimum Gasteiger partial charge on any atom is -0.350 e. The quantitative estimate of drug-likeness (QED) is 0.614. The Labute approximate surface area is 132 Å². The molecule has 3 heteroatoms. The minimum absolute atomic E-state index is 0.0556. The first-order valence-electron chi connectivity index (χ1n) is 6.84. The van der Waals surface area contributed by atoms with Gasteiger partial charge in [0.2, 0.25) is 0 Å². The molecule has 106 valence electrons. The van der Waals surface area contributed by atoms with Gasteiger partial charge in [-0.3, -0.25) is 4.79 Å². The van der Waals surface area contributed by atoms with Crippen molar-refractivity contribution in [3.8, 4) is 0 Å². The first-order chi connectivity index (χ1) is 9.97. The summed E-state index contributed by atoms with van der Waals surface area (Å²) in [5.41, 5.74) is 4.82. The number of fused-ring (bicyclic) bond motifs is 1. The van der Waals surface area contributed by atoms with Gasteiger partial charge in [-0.1, -0.05) is 39.7 Å². The maximum absolute atomic E-state index is 12.9. The Morgan fingerprint density at radius 1 is 1.00 bits per heavy atom. The summed E-state index contributed by atoms with van der Waals surface area (Å²) in [7, 11) is 1.98. The third kappa shape index (κ3) is 2.42. The highest BCUT2D eigenvalue weighted by molar-refractivity contribution is 9.10. The minimum atomic E-state index is 0.0556. The van der Waals surface area contributed by atoms with Crippen LogP contribution in [0, 0.1) is 13.8 Å². The fraction of sp³-hybridized carbons (Fsp3) is 0.167. The normalized spacial score (nSPS) is 11.0. The van der Waals surface area contributed by atoms with E-state index in [4.69, 9.17) is 0 Å². The van der Waals surface area contributed by atoms with Crippen LogP contribution < -0.4 is 0 Å². The topological polar surface area (TPSA) is 22.0 Å². The number of halogens is 1. The molecule has 0 N–H and O–H groups in total. The second-order valence-corrected chi connectivity index (χ2v) is 6.34. The van der Waals surface area contributed by atoms with Crippen molar-refractivity contribution in [2.45, 2.75) is 13.8 Å². The first kappa shape index (κ1) is 14.1. The van der Waals surface area contributed by atoms with E-state index in [1.54, 1.807) is 0 Å². The molecular weight excluding hydrogens is 326 g/mol. The summed E-state index contributed by atoms with van der Waals surface area (Å²) >= 11 is 3.48. The molecule has 0 radical (unpaired) electrons. The molecule has 0 bridgehead atoms. The molecule has 0 aliphatic heterocycles. The van der Waals surface area contributed by atoms with Gasteiger partial charge in [0, 0.05) is 39.7 Å². The zero-order valence-corrected chi connectivity index (χ0v) is 13.9. The zero-order chi connectivity index (χ0) is 15.1. The van der Waals surface area contributed by atoms with Crippen molar-refractivity contribution < 1.29 is 4.79 Å². The number of carbonyl (C=O) groups is 1. The van der Waals surface area contributed by atoms with E-state index < -0.39 is 0 Å². The molecule has 0 saturated heterocycles. The molecule has 21 heavy (non-hydrogen) atoms. The van der Waals surface area contributed by atoms with Crippen LogP contribution in [-0.2, 0) is 7.05 Å². The Kier molecular flexibility index (Phi) is 3.46. The van der Waals surface area contributed by atoms with Gasteiger partial charge in [0.1, 0.15) is 0 Å². The second-order valence-electron chi connectivity index (χ2n) is 5.49. The summed E-state index contributed by atoms with van der Waals surface area (Å²) in [5.74, 6) is 0.0556. The highest BCUT2D eigenvalue weighted by Crippen LogP contribution is 2.27. The highest BCUT2D eigenvalue weighted by Gasteiger charge is 2.18. The average Bonchev–Trinajstić information content (AvgIpc) is 2.78. The Bertz CT molecular complexity index is 861. The molecule has 1 aromatic heterocycles. The van der Waals surface area contributed by atoms with E-state index in [-0.39, 0.29) is 5.78 Å². The second kappa shape index (κ2) is 5.15. The van der Waals surface area contributed by atoms with Crippen LogP contribution in [0.2, 0.25) is 0 Å². The summed E-state index contributed by atoms with van der Waals surface area (Å²) < 4.78 is 2.85. The van der Waals surface area contributed by atoms with Gasteiger partial charge in [-0.2, -0.15) is 0 Å². The number of benzene rings is 2. The number of nitrogens with zero attached hydrogens (tertiary/aromatic N) is 1. The number of hydrogen-bond donors (Lipinski definition) is 0. The summed E-state index contributed by atoms with van der Waals surface area (Å²) in [4.78, 5) is 12.9. The molecule has 0 spiro atoms. The fourth-order valence-corrected chi connectivity index (χ4v) is 3.06. The lowest BCUT2D eigenvalue weighted by molar-refractivity contribution is 0.103. The van der Waals surface area contributed by atoms with Gasteiger partial charge >= 0.3 is 0 Å². The zero-order valence-electron chi connectivity index (χ0n) is 12.3. The van der Waals surface area contributed by atoms with E-state index >= 15 is 0 Å². The van der Waals surface area contributed by atoms with Crippen LogP contribution in [0.3, 0.4) is 0 Å². The summed E-state index contributed by atoms with van der Waals surface area (Å²) in [5, 5.41) is 1.00. The molecule has 3 rings (SSSR count). The SMILES string of the molecule is Cc1ccc(Br)c(C(=O)c2cn(C)c3cc(C)ccc23)c1. The van der Waals surface area contributed by atoms with Crippen molar-refractivity contribution in [2.24, 2.45) is 7.05 Å². The number of aromatic nitrogens is 1. The molecule has 0 aliphatic carbocycles. The van der Waals surface area contributed by atoms with Gasteiger partial charge in [0.05, 0.1) is 0 Å². The van der Waals surface area contributed by atoms with Gasteiger partial charge in [-0.15, -0.1) is 0 Å². The largest absolute Gasteiger partial charge is 0.350 e. The Morgan fingerprint density at radius 3 is 2.43 bits per heavy atom. The summed E-state index contributed by atoms with van der Waals surface area (Å²) in [6, 6.07) is 12.0. The van der Waals surface area contributed by atoms with Crippen LogP contribution in [0.25, 0.3) is 10.9 Å². The van der Waals surface area contributed by atoms with Crippen molar-refractivity contribution in [1.82, 2.24) is 4.57 Å². The van der Waals surface area contributed by atoms with E-state index in [1.807, 2.05) is 55.1 Å². The highest BCUT2D eigenvalue weighted by atomic mass is 79.9. The Balaban J connectivity index is 2.21. The van der Waals surface area contributed by atoms with Crippen molar-refractivity contribution in [3.05, 3.63) is 69.3 Å². The van der Waals surface area contributed by atoms with Crippen molar-refractivity contribution in [2.75, 3.05) is 0 Å². The van der Waals surface area contributed by atoms with Crippen LogP contribution in [0.15, 0.2) is 47.1 Å². The summed E-state index contributed by atoms with van der Waals surface area (Å²) in [6.45, 7) is 4.06. The van der Waals surface area contributed by atoms with E-state index in [1.165, 1.54) is 5.56 Å². The smallest absolute Gasteiger partial charge is 0.196 e. The number of hydrogen-bond acceptors (Lipinski definition) is 1. The lowest BCUT2D eigenvalue weighted by atomic mass is 10.0. The average molecular weight is 342 g/mol. The molecule has 0 atom stereocenters. The number of ketones is 1. The van der Waals surface area contributed by atoms with Gasteiger partial charge in [0.15, 0.2) is 5.78 Å². The van der Waals surface area contributed by atoms with Gasteiger partial charge < -0.3 is 4.57 Å². The van der Waals surface area contributed by atoms with E-state index in [2.05, 4.69) is 28.9 Å². The monoisotopic (exact) mass is 341 g/mol. The number of carbonyl (C=O) groups excluding carboxylic acids is 1. The van der Waals surface area contributed by atoms with Gasteiger partial charge in [0.25, 0.3) is 0 Å². The molecule has 0 saturated carbocycles. The van der Waals surface area contributed by atoms with Crippen molar-refractivity contribution in [1.29, 1.82) is 0 Å². The molecule has 0 amide bonds. The van der Waals surface area contributed by atoms with E-state index in [0.29, 0.717) is 5.56 Å². The molecule has 3 aromatic rings. The van der Waals surface area contributed by atoms with Crippen LogP contribution in [-0.4, -0.2) is 10.4 Å². The number of rotatable bonds is 2. The maximum Gasteiger partial charge on any atom is 0.196 e. The third-order valence-electron chi connectivity index (χ3n) is 3.76. The van der Waals surface area contributed by atoms with Crippen molar-refractivity contribution >= 4 is 32.6 Å². The Hall–Kier alpha value is -1.87. The predicted octanol–water partition coefficient (Wildman–Crippen LogP) is 4.79. The van der Waals surface area contributed by atoms with Crippen LogP contribution in [0.5, 0.6) is 0 Å². The van der Waals surface area contributed by atoms with Gasteiger partial charge in [-0.25, -0.2) is 0 Å². The lowest BCUT2D eigenvalue weighted by Gasteiger charge is -2.04. The maximum atomic E-state index is 12.9. The number of aryl methyl sites for hydroxylation is 3. The molecule has 0 aliphatic rings. The summed E-state index contributed by atoms with van der Waals surface area (Å²) in [6.07, 6.45) is 1.92. The molecular formula is C18H16BrNO.